The van der Waals surface area contributed by atoms with Gasteiger partial charge in [-0.1, -0.05) is 23.7 Å². The van der Waals surface area contributed by atoms with Crippen molar-refractivity contribution in [2.45, 2.75) is 16.7 Å². The van der Waals surface area contributed by atoms with Crippen LogP contribution in [0.2, 0.25) is 5.02 Å². The Labute approximate surface area is 144 Å². The summed E-state index contributed by atoms with van der Waals surface area (Å²) in [6, 6.07) is 12.3. The van der Waals surface area contributed by atoms with Gasteiger partial charge in [-0.2, -0.15) is 14.0 Å². The molecule has 0 radical (unpaired) electrons. The molecule has 0 N–H and O–H groups in total. The molecule has 1 aromatic heterocycles. The van der Waals surface area contributed by atoms with Crippen molar-refractivity contribution in [3.8, 4) is 11.4 Å². The number of fused-ring (bicyclic) bond motifs is 3. The lowest BCUT2D eigenvalue weighted by Gasteiger charge is -2.20. The van der Waals surface area contributed by atoms with Crippen LogP contribution in [0.1, 0.15) is 5.82 Å². The zero-order valence-electron chi connectivity index (χ0n) is 12.9. The first-order valence-corrected chi connectivity index (χ1v) is 9.06. The maximum Gasteiger partial charge on any atom is 0.261 e. The third-order valence-electron chi connectivity index (χ3n) is 3.72. The Morgan fingerprint density at radius 1 is 1.17 bits per heavy atom. The van der Waals surface area contributed by atoms with Gasteiger partial charge >= 0.3 is 0 Å². The standard InChI is InChI=1S/C16H13ClN4O2S/c1-10-18-16-20-24(22,14-6-4-3-5-13(14)23-2)15-9-11(17)7-8-12(15)21(16)19-10/h3-9H,1-2H3. The van der Waals surface area contributed by atoms with E-state index < -0.39 is 9.73 Å². The van der Waals surface area contributed by atoms with Gasteiger partial charge in [0.05, 0.1) is 22.6 Å². The number of methoxy groups -OCH3 is 1. The van der Waals surface area contributed by atoms with E-state index in [1.54, 1.807) is 48.0 Å². The Morgan fingerprint density at radius 3 is 2.75 bits per heavy atom. The minimum Gasteiger partial charge on any atom is -0.495 e. The third-order valence-corrected chi connectivity index (χ3v) is 6.23. The second-order valence-corrected chi connectivity index (χ2v) is 7.80. The van der Waals surface area contributed by atoms with Gasteiger partial charge in [0.15, 0.2) is 0 Å². The van der Waals surface area contributed by atoms with Crippen molar-refractivity contribution in [1.29, 1.82) is 0 Å². The smallest absolute Gasteiger partial charge is 0.261 e. The van der Waals surface area contributed by atoms with Crippen LogP contribution < -0.4 is 4.74 Å². The van der Waals surface area contributed by atoms with Crippen molar-refractivity contribution in [3.63, 3.8) is 0 Å². The number of hydrogen-bond donors (Lipinski definition) is 0. The van der Waals surface area contributed by atoms with Gasteiger partial charge in [-0.3, -0.25) is 0 Å². The largest absolute Gasteiger partial charge is 0.495 e. The molecule has 1 aliphatic heterocycles. The van der Waals surface area contributed by atoms with Crippen LogP contribution in [-0.4, -0.2) is 26.1 Å². The van der Waals surface area contributed by atoms with E-state index in [9.17, 15) is 4.21 Å². The molecule has 122 valence electrons. The summed E-state index contributed by atoms with van der Waals surface area (Å²) >= 11 is 6.15. The number of ether oxygens (including phenoxy) is 1. The number of halogens is 1. The molecule has 2 heterocycles. The second-order valence-electron chi connectivity index (χ2n) is 5.25. The van der Waals surface area contributed by atoms with Gasteiger partial charge in [0.2, 0.25) is 0 Å². The van der Waals surface area contributed by atoms with Gasteiger partial charge in [-0.05, 0) is 37.3 Å². The van der Waals surface area contributed by atoms with Crippen LogP contribution in [0.4, 0.5) is 5.95 Å². The normalized spacial score (nSPS) is 18.5. The lowest BCUT2D eigenvalue weighted by molar-refractivity contribution is 0.404. The molecule has 0 saturated carbocycles. The summed E-state index contributed by atoms with van der Waals surface area (Å²) in [5, 5.41) is 4.81. The molecule has 0 amide bonds. The van der Waals surface area contributed by atoms with E-state index in [1.807, 2.05) is 6.07 Å². The van der Waals surface area contributed by atoms with Crippen LogP contribution in [-0.2, 0) is 9.73 Å². The van der Waals surface area contributed by atoms with E-state index in [4.69, 9.17) is 16.3 Å². The molecule has 8 heteroatoms. The molecule has 0 aliphatic carbocycles. The average Bonchev–Trinajstić information content (AvgIpc) is 2.95. The van der Waals surface area contributed by atoms with Crippen molar-refractivity contribution >= 4 is 27.3 Å². The first-order valence-electron chi connectivity index (χ1n) is 7.17. The number of para-hydroxylation sites is 1. The van der Waals surface area contributed by atoms with Crippen LogP contribution in [0.25, 0.3) is 5.69 Å². The van der Waals surface area contributed by atoms with Crippen LogP contribution in [0.15, 0.2) is 56.6 Å². The summed E-state index contributed by atoms with van der Waals surface area (Å²) in [6.45, 7) is 1.77. The number of benzene rings is 2. The zero-order valence-corrected chi connectivity index (χ0v) is 14.5. The molecule has 0 fully saturated rings. The number of aryl methyl sites for hydroxylation is 1. The van der Waals surface area contributed by atoms with Crippen molar-refractivity contribution in [2.75, 3.05) is 7.11 Å². The first kappa shape index (κ1) is 15.2. The molecule has 6 nitrogen and oxygen atoms in total. The SMILES string of the molecule is COc1ccccc1S1(=O)=Nc2nc(C)nn2-c2ccc(Cl)cc21. The van der Waals surface area contributed by atoms with Gasteiger partial charge in [0.1, 0.15) is 21.3 Å². The fraction of sp³-hybridized carbons (Fsp3) is 0.125. The van der Waals surface area contributed by atoms with Crippen molar-refractivity contribution in [3.05, 3.63) is 53.3 Å². The zero-order chi connectivity index (χ0) is 16.9. The highest BCUT2D eigenvalue weighted by Crippen LogP contribution is 2.40. The molecular formula is C16H13ClN4O2S. The van der Waals surface area contributed by atoms with Gasteiger partial charge < -0.3 is 4.74 Å². The maximum absolute atomic E-state index is 13.9. The number of hydrogen-bond acceptors (Lipinski definition) is 5. The highest BCUT2D eigenvalue weighted by molar-refractivity contribution is 7.94. The maximum atomic E-state index is 13.9. The first-order chi connectivity index (χ1) is 11.5. The highest BCUT2D eigenvalue weighted by atomic mass is 35.5. The third kappa shape index (κ3) is 2.12. The highest BCUT2D eigenvalue weighted by Gasteiger charge is 2.30. The molecule has 1 unspecified atom stereocenters. The quantitative estimate of drug-likeness (QED) is 0.545. The number of nitrogens with zero attached hydrogens (tertiary/aromatic N) is 4. The molecule has 0 saturated heterocycles. The summed E-state index contributed by atoms with van der Waals surface area (Å²) < 4.78 is 25.4. The topological polar surface area (TPSA) is 69.4 Å². The van der Waals surface area contributed by atoms with E-state index in [2.05, 4.69) is 14.4 Å². The molecule has 4 rings (SSSR count). The minimum absolute atomic E-state index is 0.304. The number of rotatable bonds is 2. The molecular weight excluding hydrogens is 348 g/mol. The summed E-state index contributed by atoms with van der Waals surface area (Å²) in [5.74, 6) is 1.36. The van der Waals surface area contributed by atoms with Crippen molar-refractivity contribution in [1.82, 2.24) is 14.8 Å². The average molecular weight is 361 g/mol. The van der Waals surface area contributed by atoms with Crippen LogP contribution in [0.3, 0.4) is 0 Å². The van der Waals surface area contributed by atoms with Crippen molar-refractivity contribution in [2.24, 2.45) is 4.36 Å². The molecule has 0 spiro atoms. The summed E-state index contributed by atoms with van der Waals surface area (Å²) in [6.07, 6.45) is 0. The van der Waals surface area contributed by atoms with E-state index in [-0.39, 0.29) is 0 Å². The van der Waals surface area contributed by atoms with Crippen LogP contribution in [0.5, 0.6) is 5.75 Å². The molecule has 24 heavy (non-hydrogen) atoms. The van der Waals surface area contributed by atoms with Crippen LogP contribution >= 0.6 is 11.6 Å². The molecule has 1 aliphatic rings. The Kier molecular flexibility index (Phi) is 3.36. The molecule has 1 atom stereocenters. The molecule has 2 aromatic carbocycles. The fourth-order valence-corrected chi connectivity index (χ4v) is 5.12. The van der Waals surface area contributed by atoms with Gasteiger partial charge in [0.25, 0.3) is 5.95 Å². The van der Waals surface area contributed by atoms with Gasteiger partial charge in [-0.25, -0.2) is 4.21 Å². The van der Waals surface area contributed by atoms with E-state index in [0.717, 1.165) is 0 Å². The molecule has 0 bridgehead atoms. The van der Waals surface area contributed by atoms with E-state index >= 15 is 0 Å². The van der Waals surface area contributed by atoms with E-state index in [1.165, 1.54) is 7.11 Å². The Morgan fingerprint density at radius 2 is 1.96 bits per heavy atom. The molecule has 3 aromatic rings. The van der Waals surface area contributed by atoms with E-state index in [0.29, 0.717) is 38.0 Å². The Balaban J connectivity index is 2.14. The lowest BCUT2D eigenvalue weighted by atomic mass is 10.3. The second kappa shape index (κ2) is 5.32. The monoisotopic (exact) mass is 360 g/mol. The van der Waals surface area contributed by atoms with Gasteiger partial charge in [0, 0.05) is 5.02 Å². The Bertz CT molecular complexity index is 1080. The predicted molar refractivity (Wildman–Crippen MR) is 90.9 cm³/mol. The lowest BCUT2D eigenvalue weighted by Crippen LogP contribution is -2.13. The van der Waals surface area contributed by atoms with Gasteiger partial charge in [-0.15, -0.1) is 5.10 Å². The minimum atomic E-state index is -3.00. The number of aromatic nitrogens is 3. The van der Waals surface area contributed by atoms with Crippen molar-refractivity contribution < 1.29 is 8.95 Å². The fourth-order valence-electron chi connectivity index (χ4n) is 2.69. The predicted octanol–water partition coefficient (Wildman–Crippen LogP) is 3.77. The summed E-state index contributed by atoms with van der Waals surface area (Å²) in [5.41, 5.74) is 0.654. The summed E-state index contributed by atoms with van der Waals surface area (Å²) in [4.78, 5) is 5.27. The Hall–Kier alpha value is -2.38. The van der Waals surface area contributed by atoms with Crippen LogP contribution in [0, 0.1) is 6.92 Å². The summed E-state index contributed by atoms with van der Waals surface area (Å²) in [7, 11) is -1.46.